The molecule has 0 N–H and O–H groups in total. The third kappa shape index (κ3) is 23.8. The average Bonchev–Trinajstić information content (AvgIpc) is 2.63. The van der Waals surface area contributed by atoms with Crippen LogP contribution in [0.3, 0.4) is 0 Å². The van der Waals surface area contributed by atoms with Gasteiger partial charge in [-0.1, -0.05) is 109 Å². The summed E-state index contributed by atoms with van der Waals surface area (Å²) in [6, 6.07) is 0. The lowest BCUT2D eigenvalue weighted by atomic mass is 10.0. The standard InChI is InChI=1S/C23H45OS/c1-2-3-4-5-6-7-8-9-10-11-12-13-14-15-16-17-18-19-20-21-22-23-25-24/h3-4H,2,5-23H2,1H3/q+1. The van der Waals surface area contributed by atoms with E-state index in [1.165, 1.54) is 116 Å². The van der Waals surface area contributed by atoms with Crippen molar-refractivity contribution in [2.45, 2.75) is 129 Å². The smallest absolute Gasteiger partial charge is 0.0888 e. The van der Waals surface area contributed by atoms with Gasteiger partial charge >= 0.3 is 11.7 Å². The molecule has 0 unspecified atom stereocenters. The number of hydrogen-bond acceptors (Lipinski definition) is 1. The minimum Gasteiger partial charge on any atom is -0.0888 e. The summed E-state index contributed by atoms with van der Waals surface area (Å²) in [5, 5.41) is 0. The topological polar surface area (TPSA) is 17.1 Å². The van der Waals surface area contributed by atoms with Crippen LogP contribution in [0.1, 0.15) is 129 Å². The Bertz CT molecular complexity index is 275. The van der Waals surface area contributed by atoms with Crippen LogP contribution in [-0.2, 0) is 15.9 Å². The van der Waals surface area contributed by atoms with Gasteiger partial charge in [-0.2, -0.15) is 0 Å². The zero-order valence-electron chi connectivity index (χ0n) is 17.1. The minimum atomic E-state index is 0.740. The molecule has 0 rings (SSSR count). The molecule has 0 amide bonds. The summed E-state index contributed by atoms with van der Waals surface area (Å²) in [5.74, 6) is 0.802. The minimum absolute atomic E-state index is 0.740. The predicted molar refractivity (Wildman–Crippen MR) is 115 cm³/mol. The maximum atomic E-state index is 10.2. The molecule has 0 aromatic heterocycles. The third-order valence-corrected chi connectivity index (χ3v) is 5.46. The van der Waals surface area contributed by atoms with Crippen LogP contribution in [0.15, 0.2) is 12.2 Å². The van der Waals surface area contributed by atoms with E-state index in [2.05, 4.69) is 19.1 Å². The molecule has 25 heavy (non-hydrogen) atoms. The Hall–Kier alpha value is -0.240. The van der Waals surface area contributed by atoms with E-state index in [-0.39, 0.29) is 0 Å². The van der Waals surface area contributed by atoms with Crippen LogP contribution in [-0.4, -0.2) is 5.75 Å². The first kappa shape index (κ1) is 24.8. The molecule has 0 bridgehead atoms. The molecule has 0 radical (unpaired) electrons. The second-order valence-corrected chi connectivity index (χ2v) is 8.14. The lowest BCUT2D eigenvalue weighted by Gasteiger charge is -2.03. The highest BCUT2D eigenvalue weighted by molar-refractivity contribution is 7.65. The van der Waals surface area contributed by atoms with Crippen molar-refractivity contribution in [2.24, 2.45) is 0 Å². The number of allylic oxidation sites excluding steroid dienone is 2. The fourth-order valence-corrected chi connectivity index (χ4v) is 3.68. The molecule has 0 spiro atoms. The van der Waals surface area contributed by atoms with Crippen LogP contribution in [0.25, 0.3) is 0 Å². The van der Waals surface area contributed by atoms with Crippen molar-refractivity contribution in [1.29, 1.82) is 0 Å². The summed E-state index contributed by atoms with van der Waals surface area (Å²) >= 11 is 0.740. The predicted octanol–water partition coefficient (Wildman–Crippen LogP) is 8.40. The molecule has 0 fully saturated rings. The molecule has 0 heterocycles. The first-order valence-corrected chi connectivity index (χ1v) is 12.2. The van der Waals surface area contributed by atoms with Crippen molar-refractivity contribution in [3.8, 4) is 0 Å². The van der Waals surface area contributed by atoms with Crippen LogP contribution in [0, 0.1) is 0 Å². The van der Waals surface area contributed by atoms with Gasteiger partial charge in [-0.3, -0.25) is 0 Å². The first-order valence-electron chi connectivity index (χ1n) is 11.3. The fourth-order valence-electron chi connectivity index (χ4n) is 3.36. The zero-order valence-corrected chi connectivity index (χ0v) is 17.9. The Morgan fingerprint density at radius 3 is 1.24 bits per heavy atom. The summed E-state index contributed by atoms with van der Waals surface area (Å²) in [5.41, 5.74) is 0. The highest BCUT2D eigenvalue weighted by Gasteiger charge is 1.98. The highest BCUT2D eigenvalue weighted by atomic mass is 32.1. The molecule has 0 aromatic carbocycles. The largest absolute Gasteiger partial charge is 0.458 e. The monoisotopic (exact) mass is 369 g/mol. The molecule has 0 atom stereocenters. The van der Waals surface area contributed by atoms with Crippen LogP contribution in [0.5, 0.6) is 0 Å². The van der Waals surface area contributed by atoms with Gasteiger partial charge in [0, 0.05) is 10.6 Å². The normalized spacial score (nSPS) is 11.4. The molecule has 0 aliphatic rings. The zero-order chi connectivity index (χ0) is 18.3. The van der Waals surface area contributed by atoms with E-state index in [1.807, 2.05) is 0 Å². The molecule has 0 saturated heterocycles. The van der Waals surface area contributed by atoms with Gasteiger partial charge in [0.25, 0.3) is 0 Å². The number of rotatable bonds is 21. The Morgan fingerprint density at radius 2 is 0.880 bits per heavy atom. The van der Waals surface area contributed by atoms with Crippen molar-refractivity contribution in [1.82, 2.24) is 0 Å². The fraction of sp³-hybridized carbons (Fsp3) is 0.913. The Labute approximate surface area is 162 Å². The van der Waals surface area contributed by atoms with Gasteiger partial charge in [0.05, 0.1) is 0 Å². The van der Waals surface area contributed by atoms with Crippen molar-refractivity contribution in [3.05, 3.63) is 12.2 Å². The van der Waals surface area contributed by atoms with Gasteiger partial charge in [-0.05, 0) is 25.7 Å². The summed E-state index contributed by atoms with van der Waals surface area (Å²) in [7, 11) is 0. The van der Waals surface area contributed by atoms with E-state index in [9.17, 15) is 4.21 Å². The van der Waals surface area contributed by atoms with Gasteiger partial charge in [-0.15, -0.1) is 0 Å². The van der Waals surface area contributed by atoms with E-state index in [1.54, 1.807) is 0 Å². The van der Waals surface area contributed by atoms with Crippen LogP contribution >= 0.6 is 0 Å². The van der Waals surface area contributed by atoms with Crippen LogP contribution < -0.4 is 0 Å². The third-order valence-electron chi connectivity index (χ3n) is 5.00. The van der Waals surface area contributed by atoms with E-state index in [4.69, 9.17) is 0 Å². The molecular weight excluding hydrogens is 324 g/mol. The average molecular weight is 370 g/mol. The lowest BCUT2D eigenvalue weighted by Crippen LogP contribution is -1.85. The van der Waals surface area contributed by atoms with Gasteiger partial charge < -0.3 is 0 Å². The van der Waals surface area contributed by atoms with Gasteiger partial charge in [0.1, 0.15) is 0 Å². The highest BCUT2D eigenvalue weighted by Crippen LogP contribution is 2.14. The Morgan fingerprint density at radius 1 is 0.520 bits per heavy atom. The summed E-state index contributed by atoms with van der Waals surface area (Å²) in [6.07, 6.45) is 30.8. The maximum absolute atomic E-state index is 10.2. The van der Waals surface area contributed by atoms with Crippen molar-refractivity contribution in [3.63, 3.8) is 0 Å². The van der Waals surface area contributed by atoms with E-state index in [0.717, 1.165) is 23.8 Å². The maximum Gasteiger partial charge on any atom is 0.458 e. The Balaban J connectivity index is 2.98. The van der Waals surface area contributed by atoms with Crippen molar-refractivity contribution < 1.29 is 4.21 Å². The van der Waals surface area contributed by atoms with E-state index in [0.29, 0.717) is 0 Å². The van der Waals surface area contributed by atoms with Gasteiger partial charge in [0.15, 0.2) is 0 Å². The van der Waals surface area contributed by atoms with Crippen molar-refractivity contribution in [2.75, 3.05) is 5.75 Å². The molecule has 0 aliphatic carbocycles. The van der Waals surface area contributed by atoms with E-state index >= 15 is 0 Å². The lowest BCUT2D eigenvalue weighted by molar-refractivity contribution is 0.527. The first-order chi connectivity index (χ1) is 12.4. The summed E-state index contributed by atoms with van der Waals surface area (Å²) in [6.45, 7) is 2.21. The Kier molecular flexibility index (Phi) is 23.5. The molecule has 0 saturated carbocycles. The number of hydrogen-bond donors (Lipinski definition) is 0. The quantitative estimate of drug-likeness (QED) is 0.113. The van der Waals surface area contributed by atoms with Crippen LogP contribution in [0.4, 0.5) is 0 Å². The molecule has 0 aliphatic heterocycles. The van der Waals surface area contributed by atoms with Gasteiger partial charge in [0.2, 0.25) is 5.75 Å². The SMILES string of the molecule is CCC=CCCCCCCCCCCCCCCCCCCC[S+]=O. The van der Waals surface area contributed by atoms with Crippen LogP contribution in [0.2, 0.25) is 0 Å². The molecular formula is C23H45OS+. The molecule has 2 heteroatoms. The van der Waals surface area contributed by atoms with Gasteiger partial charge in [-0.25, -0.2) is 0 Å². The second kappa shape index (κ2) is 23.8. The molecule has 1 nitrogen and oxygen atoms in total. The molecule has 0 aromatic rings. The van der Waals surface area contributed by atoms with Crippen molar-refractivity contribution >= 4 is 11.7 Å². The van der Waals surface area contributed by atoms with E-state index < -0.39 is 0 Å². The second-order valence-electron chi connectivity index (χ2n) is 7.50. The summed E-state index contributed by atoms with van der Waals surface area (Å²) in [4.78, 5) is 0. The number of unbranched alkanes of at least 4 members (excludes halogenated alkanes) is 17. The molecule has 148 valence electrons. The summed E-state index contributed by atoms with van der Waals surface area (Å²) < 4.78 is 10.2.